The molecule has 212 valence electrons. The highest BCUT2D eigenvalue weighted by molar-refractivity contribution is 7.89. The van der Waals surface area contributed by atoms with Crippen LogP contribution in [-0.2, 0) is 10.0 Å². The van der Waals surface area contributed by atoms with Crippen molar-refractivity contribution in [2.75, 3.05) is 54.4 Å². The molecule has 2 saturated carbocycles. The quantitative estimate of drug-likeness (QED) is 0.373. The van der Waals surface area contributed by atoms with Crippen LogP contribution in [0.1, 0.15) is 55.3 Å². The molecule has 0 radical (unpaired) electrons. The lowest BCUT2D eigenvalue weighted by atomic mass is 9.93. The molecule has 1 aromatic heterocycles. The number of furan rings is 1. The maximum absolute atomic E-state index is 13.7. The van der Waals surface area contributed by atoms with Gasteiger partial charge < -0.3 is 24.6 Å². The van der Waals surface area contributed by atoms with Crippen LogP contribution in [0.5, 0.6) is 0 Å². The normalized spacial score (nSPS) is 20.9. The van der Waals surface area contributed by atoms with E-state index in [0.717, 1.165) is 55.7 Å². The molecule has 3 heterocycles. The molecular weight excluding hydrogens is 528 g/mol. The molecule has 10 heteroatoms. The lowest BCUT2D eigenvalue weighted by molar-refractivity contribution is 0.102. The van der Waals surface area contributed by atoms with Crippen molar-refractivity contribution in [1.82, 2.24) is 4.72 Å². The van der Waals surface area contributed by atoms with E-state index in [-0.39, 0.29) is 24.0 Å². The van der Waals surface area contributed by atoms with Gasteiger partial charge in [0.2, 0.25) is 10.0 Å². The van der Waals surface area contributed by atoms with Gasteiger partial charge in [-0.15, -0.1) is 0 Å². The summed E-state index contributed by atoms with van der Waals surface area (Å²) in [5.41, 5.74) is 4.50. The molecule has 2 aromatic carbocycles. The SMILES string of the molecule is O=C(Nc1ccc(S(=O)(=O)NCCO)cc1N1CCC2(CC1)CC2)c1cc(N2CCC3(CC3)C2)c2occc2c1. The summed E-state index contributed by atoms with van der Waals surface area (Å²) in [4.78, 5) is 18.4. The first-order valence-corrected chi connectivity index (χ1v) is 15.8. The third-order valence-electron chi connectivity index (χ3n) is 9.58. The molecule has 9 nitrogen and oxygen atoms in total. The van der Waals surface area contributed by atoms with Gasteiger partial charge in [0, 0.05) is 43.7 Å². The van der Waals surface area contributed by atoms with Crippen LogP contribution in [0.25, 0.3) is 11.0 Å². The molecule has 2 spiro atoms. The van der Waals surface area contributed by atoms with Gasteiger partial charge in [0.1, 0.15) is 0 Å². The first-order chi connectivity index (χ1) is 19.3. The zero-order valence-electron chi connectivity index (χ0n) is 22.6. The number of benzene rings is 2. The number of fused-ring (bicyclic) bond motifs is 1. The van der Waals surface area contributed by atoms with E-state index in [1.54, 1.807) is 18.4 Å². The fourth-order valence-electron chi connectivity index (χ4n) is 6.56. The van der Waals surface area contributed by atoms with Crippen LogP contribution in [0.15, 0.2) is 52.0 Å². The number of amides is 1. The van der Waals surface area contributed by atoms with Crippen LogP contribution in [0, 0.1) is 10.8 Å². The third kappa shape index (κ3) is 4.76. The molecule has 0 atom stereocenters. The zero-order chi connectivity index (χ0) is 27.5. The van der Waals surface area contributed by atoms with Gasteiger partial charge in [0.25, 0.3) is 5.91 Å². The van der Waals surface area contributed by atoms with Gasteiger partial charge in [-0.3, -0.25) is 4.79 Å². The number of sulfonamides is 1. The summed E-state index contributed by atoms with van der Waals surface area (Å²) in [6.45, 7) is 3.25. The second-order valence-corrected chi connectivity index (χ2v) is 14.0. The fourth-order valence-corrected chi connectivity index (χ4v) is 7.60. The van der Waals surface area contributed by atoms with Crippen LogP contribution in [0.2, 0.25) is 0 Å². The Hall–Kier alpha value is -3.08. The van der Waals surface area contributed by atoms with Crippen molar-refractivity contribution in [3.05, 3.63) is 48.2 Å². The van der Waals surface area contributed by atoms with Gasteiger partial charge in [-0.2, -0.15) is 0 Å². The molecular formula is C30H36N4O5S. The molecule has 3 aromatic rings. The molecule has 2 saturated heterocycles. The minimum Gasteiger partial charge on any atom is -0.462 e. The Morgan fingerprint density at radius 2 is 1.62 bits per heavy atom. The van der Waals surface area contributed by atoms with E-state index < -0.39 is 10.0 Å². The number of nitrogens with zero attached hydrogens (tertiary/aromatic N) is 2. The first-order valence-electron chi connectivity index (χ1n) is 14.4. The molecule has 2 aliphatic carbocycles. The Bertz CT molecular complexity index is 1560. The third-order valence-corrected chi connectivity index (χ3v) is 11.0. The second kappa shape index (κ2) is 9.49. The second-order valence-electron chi connectivity index (χ2n) is 12.2. The summed E-state index contributed by atoms with van der Waals surface area (Å²) in [6.07, 6.45) is 10.1. The Labute approximate surface area is 234 Å². The number of carbonyl (C=O) groups excluding carboxylic acids is 1. The number of hydrogen-bond acceptors (Lipinski definition) is 7. The number of piperidine rings is 1. The molecule has 2 aliphatic heterocycles. The number of hydrogen-bond donors (Lipinski definition) is 3. The number of aliphatic hydroxyl groups excluding tert-OH is 1. The van der Waals surface area contributed by atoms with Gasteiger partial charge in [-0.25, -0.2) is 13.1 Å². The lowest BCUT2D eigenvalue weighted by Crippen LogP contribution is -2.35. The van der Waals surface area contributed by atoms with E-state index in [0.29, 0.717) is 27.8 Å². The van der Waals surface area contributed by atoms with E-state index in [1.807, 2.05) is 18.2 Å². The number of anilines is 3. The maximum Gasteiger partial charge on any atom is 0.255 e. The average Bonchev–Trinajstić information content (AvgIpc) is 3.78. The van der Waals surface area contributed by atoms with Crippen molar-refractivity contribution in [3.63, 3.8) is 0 Å². The predicted molar refractivity (Wildman–Crippen MR) is 154 cm³/mol. The highest BCUT2D eigenvalue weighted by Gasteiger charge is 2.48. The van der Waals surface area contributed by atoms with Gasteiger partial charge in [0.15, 0.2) is 5.58 Å². The molecule has 3 N–H and O–H groups in total. The Kier molecular flexibility index (Phi) is 6.14. The molecule has 4 aliphatic rings. The van der Waals surface area contributed by atoms with E-state index in [9.17, 15) is 13.2 Å². The van der Waals surface area contributed by atoms with Crippen molar-refractivity contribution >= 4 is 44.0 Å². The van der Waals surface area contributed by atoms with Crippen molar-refractivity contribution in [3.8, 4) is 0 Å². The smallest absolute Gasteiger partial charge is 0.255 e. The summed E-state index contributed by atoms with van der Waals surface area (Å²) in [5, 5.41) is 13.1. The van der Waals surface area contributed by atoms with E-state index >= 15 is 0 Å². The molecule has 0 bridgehead atoms. The van der Waals surface area contributed by atoms with Crippen LogP contribution >= 0.6 is 0 Å². The van der Waals surface area contributed by atoms with E-state index in [4.69, 9.17) is 9.52 Å². The standard InChI is InChI=1S/C30H36N4O5S/c35-15-11-31-40(37,38)23-1-2-24(25(19-23)33-12-8-29(4-5-29)9-13-33)32-28(36)22-17-21-3-16-39-27(21)26(18-22)34-14-10-30(20-34)6-7-30/h1-3,16-19,31,35H,4-15,20H2,(H,32,36). The van der Waals surface area contributed by atoms with Gasteiger partial charge >= 0.3 is 0 Å². The zero-order valence-corrected chi connectivity index (χ0v) is 23.4. The van der Waals surface area contributed by atoms with Gasteiger partial charge in [0.05, 0.1) is 34.8 Å². The van der Waals surface area contributed by atoms with Crippen molar-refractivity contribution in [2.45, 2.75) is 49.8 Å². The largest absolute Gasteiger partial charge is 0.462 e. The van der Waals surface area contributed by atoms with Crippen molar-refractivity contribution in [1.29, 1.82) is 0 Å². The predicted octanol–water partition coefficient (Wildman–Crippen LogP) is 4.33. The van der Waals surface area contributed by atoms with E-state index in [1.165, 1.54) is 38.2 Å². The monoisotopic (exact) mass is 564 g/mol. The summed E-state index contributed by atoms with van der Waals surface area (Å²) in [7, 11) is -3.79. The summed E-state index contributed by atoms with van der Waals surface area (Å²) in [5.74, 6) is -0.240. The fraction of sp³-hybridized carbons (Fsp3) is 0.500. The highest BCUT2D eigenvalue weighted by atomic mass is 32.2. The molecule has 4 fully saturated rings. The van der Waals surface area contributed by atoms with Crippen LogP contribution in [0.3, 0.4) is 0 Å². The number of carbonyl (C=O) groups is 1. The van der Waals surface area contributed by atoms with Crippen molar-refractivity contribution in [2.24, 2.45) is 10.8 Å². The maximum atomic E-state index is 13.7. The molecule has 1 amide bonds. The van der Waals surface area contributed by atoms with E-state index in [2.05, 4.69) is 19.8 Å². The Morgan fingerprint density at radius 3 is 2.33 bits per heavy atom. The van der Waals surface area contributed by atoms with Crippen LogP contribution in [0.4, 0.5) is 17.1 Å². The average molecular weight is 565 g/mol. The molecule has 7 rings (SSSR count). The number of rotatable bonds is 8. The van der Waals surface area contributed by atoms with Gasteiger partial charge in [-0.1, -0.05) is 0 Å². The Morgan fingerprint density at radius 1 is 0.900 bits per heavy atom. The van der Waals surface area contributed by atoms with Crippen molar-refractivity contribution < 1.29 is 22.7 Å². The molecule has 40 heavy (non-hydrogen) atoms. The summed E-state index contributed by atoms with van der Waals surface area (Å²) < 4.78 is 34.0. The summed E-state index contributed by atoms with van der Waals surface area (Å²) >= 11 is 0. The lowest BCUT2D eigenvalue weighted by Gasteiger charge is -2.35. The molecule has 0 unspecified atom stereocenters. The topological polar surface area (TPSA) is 115 Å². The van der Waals surface area contributed by atoms with Crippen LogP contribution in [-0.4, -0.2) is 58.8 Å². The van der Waals surface area contributed by atoms with Crippen LogP contribution < -0.4 is 19.8 Å². The summed E-state index contributed by atoms with van der Waals surface area (Å²) in [6, 6.07) is 10.5. The minimum atomic E-state index is -3.79. The Balaban J connectivity index is 1.20. The van der Waals surface area contributed by atoms with Gasteiger partial charge in [-0.05, 0) is 92.2 Å². The minimum absolute atomic E-state index is 0.0562. The first kappa shape index (κ1) is 25.9. The number of aliphatic hydroxyl groups is 1. The highest BCUT2D eigenvalue weighted by Crippen LogP contribution is 2.55. The number of nitrogens with one attached hydrogen (secondary N) is 2.